The largest absolute Gasteiger partial charge is 0.392 e. The number of fused-ring (bicyclic) bond motifs is 2. The fourth-order valence-electron chi connectivity index (χ4n) is 6.97. The molecule has 4 fully saturated rings. The quantitative estimate of drug-likeness (QED) is 0.557. The predicted octanol–water partition coefficient (Wildman–Crippen LogP) is 1.96. The van der Waals surface area contributed by atoms with Gasteiger partial charge >= 0.3 is 0 Å². The molecule has 2 saturated heterocycles. The molecule has 4 rings (SSSR count). The van der Waals surface area contributed by atoms with Gasteiger partial charge in [-0.15, -0.1) is 18.3 Å². The summed E-state index contributed by atoms with van der Waals surface area (Å²) in [7, 11) is 2.11. The Hall–Kier alpha value is -0.600. The van der Waals surface area contributed by atoms with Gasteiger partial charge < -0.3 is 14.9 Å². The first-order valence-electron chi connectivity index (χ1n) is 12.2. The molecular formula is C24H42N4O2S. The lowest BCUT2D eigenvalue weighted by atomic mass is 9.51. The minimum absolute atomic E-state index is 0.0629. The molecule has 3 N–H and O–H groups in total. The van der Waals surface area contributed by atoms with Gasteiger partial charge in [0, 0.05) is 49.9 Å². The number of rotatable bonds is 5. The van der Waals surface area contributed by atoms with Crippen molar-refractivity contribution in [2.24, 2.45) is 29.1 Å². The standard InChI is InChI=1S/C24H42N4O2S/c1-6-9-25-23-26-20-16(3)19-21(29)17(7-8-24(19,4)14-18(20)31-23)15(2)22(30)28-12-10-27(5)11-13-28/h6,15-21,23,25-26,29H,1,7-14H2,2-5H3/t15-,16+,17+,18?,19+,20?,21-,23?,24+/m0/s1. The number of nitrogens with one attached hydrogen (secondary N) is 2. The Labute approximate surface area is 192 Å². The van der Waals surface area contributed by atoms with Gasteiger partial charge in [0.1, 0.15) is 5.50 Å². The molecule has 176 valence electrons. The number of hydrogen-bond acceptors (Lipinski definition) is 6. The Morgan fingerprint density at radius 3 is 2.77 bits per heavy atom. The predicted molar refractivity (Wildman–Crippen MR) is 128 cm³/mol. The van der Waals surface area contributed by atoms with E-state index < -0.39 is 6.10 Å². The summed E-state index contributed by atoms with van der Waals surface area (Å²) < 4.78 is 0. The van der Waals surface area contributed by atoms with Crippen molar-refractivity contribution >= 4 is 17.7 Å². The van der Waals surface area contributed by atoms with Crippen molar-refractivity contribution in [2.75, 3.05) is 39.8 Å². The molecule has 6 nitrogen and oxygen atoms in total. The Kier molecular flexibility index (Phi) is 7.09. The summed E-state index contributed by atoms with van der Waals surface area (Å²) in [5, 5.41) is 19.5. The highest BCUT2D eigenvalue weighted by Crippen LogP contribution is 2.58. The van der Waals surface area contributed by atoms with Gasteiger partial charge in [0.25, 0.3) is 0 Å². The molecule has 0 spiro atoms. The maximum absolute atomic E-state index is 13.3. The van der Waals surface area contributed by atoms with Crippen LogP contribution in [0.1, 0.15) is 40.0 Å². The van der Waals surface area contributed by atoms with Crippen LogP contribution in [0.5, 0.6) is 0 Å². The molecule has 2 heterocycles. The molecule has 2 aliphatic carbocycles. The van der Waals surface area contributed by atoms with Crippen LogP contribution in [0, 0.1) is 29.1 Å². The van der Waals surface area contributed by atoms with E-state index in [0.29, 0.717) is 17.2 Å². The number of likely N-dealkylation sites (N-methyl/N-ethyl adjacent to an activating group) is 1. The van der Waals surface area contributed by atoms with E-state index in [2.05, 4.69) is 49.9 Å². The molecule has 0 bridgehead atoms. The van der Waals surface area contributed by atoms with Gasteiger partial charge in [-0.1, -0.05) is 26.8 Å². The van der Waals surface area contributed by atoms with Gasteiger partial charge in [-0.2, -0.15) is 0 Å². The van der Waals surface area contributed by atoms with Gasteiger partial charge in [-0.3, -0.25) is 15.4 Å². The average Bonchev–Trinajstić information content (AvgIpc) is 3.14. The van der Waals surface area contributed by atoms with Crippen molar-refractivity contribution in [3.05, 3.63) is 12.7 Å². The number of thioether (sulfide) groups is 1. The smallest absolute Gasteiger partial charge is 0.225 e. The van der Waals surface area contributed by atoms with Crippen LogP contribution in [0.4, 0.5) is 0 Å². The van der Waals surface area contributed by atoms with Gasteiger partial charge in [0.2, 0.25) is 5.91 Å². The normalized spacial score (nSPS) is 44.4. The molecule has 2 aliphatic heterocycles. The van der Waals surface area contributed by atoms with Gasteiger partial charge in [-0.25, -0.2) is 0 Å². The van der Waals surface area contributed by atoms with Crippen LogP contribution in [0.3, 0.4) is 0 Å². The summed E-state index contributed by atoms with van der Waals surface area (Å²) in [5.74, 6) is 0.816. The zero-order valence-electron chi connectivity index (χ0n) is 19.7. The first-order chi connectivity index (χ1) is 14.7. The molecule has 7 heteroatoms. The molecule has 31 heavy (non-hydrogen) atoms. The van der Waals surface area contributed by atoms with E-state index in [1.807, 2.05) is 22.7 Å². The third-order valence-corrected chi connectivity index (χ3v) is 10.2. The van der Waals surface area contributed by atoms with Gasteiger partial charge in [0.15, 0.2) is 0 Å². The molecule has 0 aromatic rings. The van der Waals surface area contributed by atoms with Crippen LogP contribution in [0.2, 0.25) is 0 Å². The fourth-order valence-corrected chi connectivity index (χ4v) is 8.72. The van der Waals surface area contributed by atoms with E-state index in [4.69, 9.17) is 0 Å². The molecule has 3 unspecified atom stereocenters. The van der Waals surface area contributed by atoms with Crippen LogP contribution in [-0.2, 0) is 4.79 Å². The number of amides is 1. The maximum Gasteiger partial charge on any atom is 0.225 e. The molecule has 0 radical (unpaired) electrons. The highest BCUT2D eigenvalue weighted by molar-refractivity contribution is 8.00. The Balaban J connectivity index is 1.45. The van der Waals surface area contributed by atoms with Crippen molar-refractivity contribution in [3.8, 4) is 0 Å². The van der Waals surface area contributed by atoms with Crippen molar-refractivity contribution in [1.82, 2.24) is 20.4 Å². The SMILES string of the molecule is C=CCNC1NC2C(C[C@@]3(C)CC[C@H]([C@H](C)C(=O)N4CCN(C)CC4)[C@H](O)[C@H]3[C@H]2C)S1. The lowest BCUT2D eigenvalue weighted by Gasteiger charge is -2.57. The van der Waals surface area contributed by atoms with Crippen molar-refractivity contribution < 1.29 is 9.90 Å². The summed E-state index contributed by atoms with van der Waals surface area (Å²) in [5.41, 5.74) is 0.402. The van der Waals surface area contributed by atoms with E-state index in [1.165, 1.54) is 0 Å². The van der Waals surface area contributed by atoms with Crippen LogP contribution in [-0.4, -0.2) is 83.5 Å². The number of aliphatic hydroxyl groups is 1. The summed E-state index contributed by atoms with van der Waals surface area (Å²) in [6.45, 7) is 14.9. The van der Waals surface area contributed by atoms with Crippen LogP contribution in [0.15, 0.2) is 12.7 Å². The number of aliphatic hydroxyl groups excluding tert-OH is 1. The van der Waals surface area contributed by atoms with Gasteiger partial charge in [-0.05, 0) is 49.5 Å². The summed E-state index contributed by atoms with van der Waals surface area (Å²) in [6, 6.07) is 0.405. The van der Waals surface area contributed by atoms with Crippen LogP contribution >= 0.6 is 11.8 Å². The zero-order chi connectivity index (χ0) is 22.3. The van der Waals surface area contributed by atoms with Crippen molar-refractivity contribution in [2.45, 2.75) is 62.9 Å². The van der Waals surface area contributed by atoms with Crippen LogP contribution in [0.25, 0.3) is 0 Å². The molecule has 0 aromatic carbocycles. The molecule has 9 atom stereocenters. The topological polar surface area (TPSA) is 67.8 Å². The van der Waals surface area contributed by atoms with E-state index in [9.17, 15) is 9.90 Å². The second-order valence-corrected chi connectivity index (χ2v) is 12.1. The Bertz CT molecular complexity index is 670. The third kappa shape index (κ3) is 4.45. The third-order valence-electron chi connectivity index (χ3n) is 8.81. The summed E-state index contributed by atoms with van der Waals surface area (Å²) in [6.07, 6.45) is 4.70. The molecule has 0 aromatic heterocycles. The second kappa shape index (κ2) is 9.34. The van der Waals surface area contributed by atoms with Gasteiger partial charge in [0.05, 0.1) is 6.10 Å². The zero-order valence-corrected chi connectivity index (χ0v) is 20.5. The molecule has 2 saturated carbocycles. The number of carbonyl (C=O) groups is 1. The van der Waals surface area contributed by atoms with Crippen LogP contribution < -0.4 is 10.6 Å². The average molecular weight is 451 g/mol. The minimum Gasteiger partial charge on any atom is -0.392 e. The lowest BCUT2D eigenvalue weighted by molar-refractivity contribution is -0.150. The molecule has 4 aliphatic rings. The van der Waals surface area contributed by atoms with E-state index >= 15 is 0 Å². The summed E-state index contributed by atoms with van der Waals surface area (Å²) in [4.78, 5) is 17.6. The highest BCUT2D eigenvalue weighted by Gasteiger charge is 2.58. The summed E-state index contributed by atoms with van der Waals surface area (Å²) >= 11 is 2.01. The molecular weight excluding hydrogens is 408 g/mol. The number of nitrogens with zero attached hydrogens (tertiary/aromatic N) is 2. The lowest BCUT2D eigenvalue weighted by Crippen LogP contribution is -2.60. The Morgan fingerprint density at radius 1 is 1.39 bits per heavy atom. The fraction of sp³-hybridized carbons (Fsp3) is 0.875. The molecule has 1 amide bonds. The van der Waals surface area contributed by atoms with E-state index in [1.54, 1.807) is 0 Å². The monoisotopic (exact) mass is 450 g/mol. The maximum atomic E-state index is 13.3. The minimum atomic E-state index is -0.409. The highest BCUT2D eigenvalue weighted by atomic mass is 32.2. The van der Waals surface area contributed by atoms with E-state index in [-0.39, 0.29) is 34.6 Å². The van der Waals surface area contributed by atoms with Crippen molar-refractivity contribution in [1.29, 1.82) is 0 Å². The first-order valence-corrected chi connectivity index (χ1v) is 13.1. The van der Waals surface area contributed by atoms with Crippen molar-refractivity contribution in [3.63, 3.8) is 0 Å². The van der Waals surface area contributed by atoms with E-state index in [0.717, 1.165) is 52.0 Å². The second-order valence-electron chi connectivity index (χ2n) is 10.8. The number of carbonyl (C=O) groups excluding carboxylic acids is 1. The first kappa shape index (κ1) is 23.6. The number of piperazine rings is 1. The Morgan fingerprint density at radius 2 is 2.10 bits per heavy atom. The number of hydrogen-bond donors (Lipinski definition) is 3.